The number of nitrogens with one attached hydrogen (secondary N) is 2. The molecule has 1 aliphatic rings. The normalized spacial score (nSPS) is 16.1. The molecule has 2 amide bonds. The number of hydrazine groups is 1. The molecule has 0 radical (unpaired) electrons. The van der Waals surface area contributed by atoms with E-state index in [4.69, 9.17) is 11.3 Å². The predicted octanol–water partition coefficient (Wildman–Crippen LogP) is 0.966. The van der Waals surface area contributed by atoms with Gasteiger partial charge < -0.3 is 20.1 Å². The van der Waals surface area contributed by atoms with Gasteiger partial charge in [0.2, 0.25) is 0 Å². The Kier molecular flexibility index (Phi) is 7.45. The lowest BCUT2D eigenvalue weighted by Gasteiger charge is -2.37. The molecule has 7 heteroatoms. The maximum Gasteiger partial charge on any atom is 0.320 e. The van der Waals surface area contributed by atoms with Crippen LogP contribution in [0.2, 0.25) is 0 Å². The number of hydrogen-bond acceptors (Lipinski definition) is 4. The number of hydrogen-bond donors (Lipinski definition) is 3. The van der Waals surface area contributed by atoms with Crippen molar-refractivity contribution in [2.75, 3.05) is 39.3 Å². The van der Waals surface area contributed by atoms with Gasteiger partial charge in [0.1, 0.15) is 5.84 Å². The number of piperazine rings is 1. The fourth-order valence-electron chi connectivity index (χ4n) is 2.33. The molecule has 1 aliphatic heterocycles. The van der Waals surface area contributed by atoms with Gasteiger partial charge in [0.05, 0.1) is 0 Å². The second-order valence-corrected chi connectivity index (χ2v) is 5.04. The highest BCUT2D eigenvalue weighted by molar-refractivity contribution is 5.90. The van der Waals surface area contributed by atoms with Gasteiger partial charge in [-0.2, -0.15) is 0 Å². The van der Waals surface area contributed by atoms with Crippen LogP contribution >= 0.6 is 0 Å². The highest BCUT2D eigenvalue weighted by atomic mass is 16.2. The van der Waals surface area contributed by atoms with E-state index in [-0.39, 0.29) is 6.03 Å². The molecule has 1 saturated heterocycles. The van der Waals surface area contributed by atoms with E-state index in [2.05, 4.69) is 5.43 Å². The number of nitrogens with zero attached hydrogens (tertiary/aromatic N) is 3. The molecular formula is C15H28N6O. The standard InChI is InChI=1S/C15H28N6O/c1-4-13(18-17)7-8-14(16)20-9-11-21(12-10-20)15(22)19(5-2)6-3/h4,7-8,16,18H,5-6,9-12,17H2,1-3H3/b8-7-,13-4+,16-14?. The SMILES string of the molecule is C/C=C(\C=C/C(=N)N1CCN(C(=O)N(CC)CC)CC1)NN. The van der Waals surface area contributed by atoms with Gasteiger partial charge in [-0.25, -0.2) is 4.79 Å². The summed E-state index contributed by atoms with van der Waals surface area (Å²) in [6, 6.07) is 0.0928. The van der Waals surface area contributed by atoms with Crippen molar-refractivity contribution in [1.29, 1.82) is 5.41 Å². The van der Waals surface area contributed by atoms with Crippen molar-refractivity contribution in [3.05, 3.63) is 23.9 Å². The second-order valence-electron chi connectivity index (χ2n) is 5.04. The number of nitrogens with two attached hydrogens (primary N) is 1. The first kappa shape index (κ1) is 18.0. The van der Waals surface area contributed by atoms with Crippen molar-refractivity contribution in [3.8, 4) is 0 Å². The molecule has 124 valence electrons. The molecule has 0 aromatic heterocycles. The Morgan fingerprint density at radius 3 is 2.18 bits per heavy atom. The molecule has 22 heavy (non-hydrogen) atoms. The zero-order valence-electron chi connectivity index (χ0n) is 13.8. The summed E-state index contributed by atoms with van der Waals surface area (Å²) in [5.74, 6) is 5.79. The molecule has 7 nitrogen and oxygen atoms in total. The maximum atomic E-state index is 12.3. The largest absolute Gasteiger partial charge is 0.354 e. The molecule has 1 heterocycles. The third-order valence-corrected chi connectivity index (χ3v) is 3.82. The minimum atomic E-state index is 0.0928. The molecule has 4 N–H and O–H groups in total. The summed E-state index contributed by atoms with van der Waals surface area (Å²) in [6.45, 7) is 9.97. The summed E-state index contributed by atoms with van der Waals surface area (Å²) in [7, 11) is 0. The highest BCUT2D eigenvalue weighted by Gasteiger charge is 2.24. The van der Waals surface area contributed by atoms with E-state index in [1.807, 2.05) is 41.5 Å². The van der Waals surface area contributed by atoms with Gasteiger partial charge >= 0.3 is 6.03 Å². The Morgan fingerprint density at radius 1 is 1.18 bits per heavy atom. The van der Waals surface area contributed by atoms with Crippen molar-refractivity contribution in [3.63, 3.8) is 0 Å². The third-order valence-electron chi connectivity index (χ3n) is 3.82. The Bertz CT molecular complexity index is 433. The van der Waals surface area contributed by atoms with Gasteiger partial charge in [-0.3, -0.25) is 11.3 Å². The number of rotatable bonds is 5. The van der Waals surface area contributed by atoms with Crippen molar-refractivity contribution in [2.24, 2.45) is 5.84 Å². The zero-order chi connectivity index (χ0) is 16.5. The first-order chi connectivity index (χ1) is 10.6. The maximum absolute atomic E-state index is 12.3. The topological polar surface area (TPSA) is 88.7 Å². The molecule has 0 bridgehead atoms. The van der Waals surface area contributed by atoms with Crippen LogP contribution in [-0.2, 0) is 0 Å². The van der Waals surface area contributed by atoms with Crippen LogP contribution in [0.1, 0.15) is 20.8 Å². The summed E-state index contributed by atoms with van der Waals surface area (Å²) in [5.41, 5.74) is 3.32. The summed E-state index contributed by atoms with van der Waals surface area (Å²) in [5, 5.41) is 8.09. The molecule has 1 rings (SSSR count). The first-order valence-corrected chi connectivity index (χ1v) is 7.75. The van der Waals surface area contributed by atoms with Crippen LogP contribution in [0.4, 0.5) is 4.79 Å². The first-order valence-electron chi connectivity index (χ1n) is 7.75. The molecule has 0 unspecified atom stereocenters. The molecule has 0 spiro atoms. The van der Waals surface area contributed by atoms with Crippen molar-refractivity contribution < 1.29 is 4.79 Å². The van der Waals surface area contributed by atoms with E-state index in [1.165, 1.54) is 0 Å². The number of carbonyl (C=O) groups excluding carboxylic acids is 1. The fraction of sp³-hybridized carbons (Fsp3) is 0.600. The smallest absolute Gasteiger partial charge is 0.320 e. The third kappa shape index (κ3) is 4.77. The molecule has 0 aliphatic carbocycles. The Hall–Kier alpha value is -2.02. The van der Waals surface area contributed by atoms with Crippen LogP contribution < -0.4 is 11.3 Å². The van der Waals surface area contributed by atoms with Crippen LogP contribution in [0, 0.1) is 5.41 Å². The van der Waals surface area contributed by atoms with Crippen molar-refractivity contribution in [1.82, 2.24) is 20.1 Å². The lowest BCUT2D eigenvalue weighted by Crippen LogP contribution is -2.53. The molecule has 0 atom stereocenters. The van der Waals surface area contributed by atoms with E-state index < -0.39 is 0 Å². The number of amides is 2. The fourth-order valence-corrected chi connectivity index (χ4v) is 2.33. The lowest BCUT2D eigenvalue weighted by molar-refractivity contribution is 0.136. The number of amidine groups is 1. The van der Waals surface area contributed by atoms with Gasteiger partial charge in [0.25, 0.3) is 0 Å². The minimum Gasteiger partial charge on any atom is -0.354 e. The molecule has 1 fully saturated rings. The van der Waals surface area contributed by atoms with Crippen LogP contribution in [0.3, 0.4) is 0 Å². The molecular weight excluding hydrogens is 280 g/mol. The van der Waals surface area contributed by atoms with Crippen LogP contribution in [0.25, 0.3) is 0 Å². The predicted molar refractivity (Wildman–Crippen MR) is 89.4 cm³/mol. The second kappa shape index (κ2) is 9.09. The van der Waals surface area contributed by atoms with E-state index in [1.54, 1.807) is 12.2 Å². The number of carbonyl (C=O) groups is 1. The van der Waals surface area contributed by atoms with E-state index in [9.17, 15) is 4.79 Å². The Balaban J connectivity index is 2.51. The Morgan fingerprint density at radius 2 is 1.73 bits per heavy atom. The van der Waals surface area contributed by atoms with Gasteiger partial charge in [-0.05, 0) is 32.9 Å². The Labute approximate surface area is 132 Å². The summed E-state index contributed by atoms with van der Waals surface area (Å²) < 4.78 is 0. The molecule has 0 aromatic carbocycles. The van der Waals surface area contributed by atoms with Crippen LogP contribution in [0.15, 0.2) is 23.9 Å². The lowest BCUT2D eigenvalue weighted by atomic mass is 10.3. The van der Waals surface area contributed by atoms with Crippen molar-refractivity contribution in [2.45, 2.75) is 20.8 Å². The van der Waals surface area contributed by atoms with Gasteiger partial charge in [0.15, 0.2) is 0 Å². The van der Waals surface area contributed by atoms with Crippen LogP contribution in [-0.4, -0.2) is 65.8 Å². The van der Waals surface area contributed by atoms with Gasteiger partial charge in [-0.15, -0.1) is 0 Å². The zero-order valence-corrected chi connectivity index (χ0v) is 13.8. The summed E-state index contributed by atoms with van der Waals surface area (Å²) in [4.78, 5) is 17.9. The average Bonchev–Trinajstić information content (AvgIpc) is 2.56. The average molecular weight is 308 g/mol. The quantitative estimate of drug-likeness (QED) is 0.232. The van der Waals surface area contributed by atoms with E-state index in [0.29, 0.717) is 32.0 Å². The van der Waals surface area contributed by atoms with Crippen LogP contribution in [0.5, 0.6) is 0 Å². The van der Waals surface area contributed by atoms with E-state index in [0.717, 1.165) is 18.8 Å². The molecule has 0 aromatic rings. The van der Waals surface area contributed by atoms with E-state index >= 15 is 0 Å². The van der Waals surface area contributed by atoms with Crippen molar-refractivity contribution >= 4 is 11.9 Å². The monoisotopic (exact) mass is 308 g/mol. The number of urea groups is 1. The number of allylic oxidation sites excluding steroid dienone is 2. The summed E-state index contributed by atoms with van der Waals surface area (Å²) >= 11 is 0. The summed E-state index contributed by atoms with van der Waals surface area (Å²) in [6.07, 6.45) is 5.33. The van der Waals surface area contributed by atoms with Gasteiger partial charge in [-0.1, -0.05) is 6.08 Å². The minimum absolute atomic E-state index is 0.0928. The van der Waals surface area contributed by atoms with Gasteiger partial charge in [0, 0.05) is 45.0 Å². The molecule has 0 saturated carbocycles. The highest BCUT2D eigenvalue weighted by Crippen LogP contribution is 2.07.